The van der Waals surface area contributed by atoms with Crippen molar-refractivity contribution in [1.29, 1.82) is 0 Å². The number of carbonyl (C=O) groups is 1. The molecule has 0 unspecified atom stereocenters. The van der Waals surface area contributed by atoms with Gasteiger partial charge in [0.1, 0.15) is 5.75 Å². The summed E-state index contributed by atoms with van der Waals surface area (Å²) in [6.07, 6.45) is 1.48. The molecule has 0 atom stereocenters. The van der Waals surface area contributed by atoms with Gasteiger partial charge in [-0.2, -0.15) is 4.31 Å². The zero-order chi connectivity index (χ0) is 23.6. The SMILES string of the molecule is CCn1c(=O)oc2cc(S(=O)(=O)N3CCC(CC(=O)Nc4ccccc4OC)CC3)ccc21. The number of hydrogen-bond donors (Lipinski definition) is 1. The van der Waals surface area contributed by atoms with Gasteiger partial charge in [-0.25, -0.2) is 13.2 Å². The molecule has 1 N–H and O–H groups in total. The number of sulfonamides is 1. The molecule has 176 valence electrons. The summed E-state index contributed by atoms with van der Waals surface area (Å²) in [5, 5.41) is 2.87. The lowest BCUT2D eigenvalue weighted by Crippen LogP contribution is -2.39. The third kappa shape index (κ3) is 4.67. The van der Waals surface area contributed by atoms with E-state index in [0.29, 0.717) is 55.9 Å². The number of amides is 1. The fourth-order valence-corrected chi connectivity index (χ4v) is 5.71. The number of aromatic nitrogens is 1. The number of para-hydroxylation sites is 2. The summed E-state index contributed by atoms with van der Waals surface area (Å²) < 4.78 is 39.6. The Morgan fingerprint density at radius 1 is 1.18 bits per heavy atom. The Bertz CT molecular complexity index is 1320. The number of anilines is 1. The summed E-state index contributed by atoms with van der Waals surface area (Å²) in [6, 6.07) is 11.7. The summed E-state index contributed by atoms with van der Waals surface area (Å²) in [5.74, 6) is 0.0510. The van der Waals surface area contributed by atoms with Crippen LogP contribution in [0.25, 0.3) is 11.1 Å². The van der Waals surface area contributed by atoms with Gasteiger partial charge < -0.3 is 14.5 Å². The number of ether oxygens (including phenoxy) is 1. The van der Waals surface area contributed by atoms with Gasteiger partial charge in [0.15, 0.2) is 5.58 Å². The number of benzene rings is 2. The zero-order valence-corrected chi connectivity index (χ0v) is 19.4. The highest BCUT2D eigenvalue weighted by atomic mass is 32.2. The van der Waals surface area contributed by atoms with Gasteiger partial charge in [-0.05, 0) is 49.9 Å². The topological polar surface area (TPSA) is 111 Å². The van der Waals surface area contributed by atoms with Gasteiger partial charge in [-0.15, -0.1) is 0 Å². The third-order valence-corrected chi connectivity index (χ3v) is 7.92. The molecule has 2 aromatic carbocycles. The van der Waals surface area contributed by atoms with E-state index in [4.69, 9.17) is 9.15 Å². The highest BCUT2D eigenvalue weighted by Crippen LogP contribution is 2.29. The Balaban J connectivity index is 1.39. The van der Waals surface area contributed by atoms with Crippen LogP contribution in [0.5, 0.6) is 5.75 Å². The van der Waals surface area contributed by atoms with E-state index in [1.165, 1.54) is 21.0 Å². The monoisotopic (exact) mass is 473 g/mol. The van der Waals surface area contributed by atoms with Crippen LogP contribution >= 0.6 is 0 Å². The van der Waals surface area contributed by atoms with Crippen LogP contribution in [0.1, 0.15) is 26.2 Å². The Hall–Kier alpha value is -3.11. The molecule has 3 aromatic rings. The Labute approximate surface area is 192 Å². The largest absolute Gasteiger partial charge is 0.495 e. The second-order valence-electron chi connectivity index (χ2n) is 8.04. The fourth-order valence-electron chi connectivity index (χ4n) is 4.22. The fraction of sp³-hybridized carbons (Fsp3) is 0.391. The molecular weight excluding hydrogens is 446 g/mol. The number of oxazole rings is 1. The maximum atomic E-state index is 13.1. The molecule has 1 aliphatic heterocycles. The Morgan fingerprint density at radius 2 is 1.91 bits per heavy atom. The maximum absolute atomic E-state index is 13.1. The lowest BCUT2D eigenvalue weighted by molar-refractivity contribution is -0.117. The smallest absolute Gasteiger partial charge is 0.419 e. The second kappa shape index (κ2) is 9.40. The van der Waals surface area contributed by atoms with Crippen LogP contribution in [0.2, 0.25) is 0 Å². The number of carbonyl (C=O) groups excluding carboxylic acids is 1. The lowest BCUT2D eigenvalue weighted by Gasteiger charge is -2.31. The van der Waals surface area contributed by atoms with E-state index in [2.05, 4.69) is 5.32 Å². The molecule has 1 fully saturated rings. The van der Waals surface area contributed by atoms with E-state index in [-0.39, 0.29) is 22.3 Å². The third-order valence-electron chi connectivity index (χ3n) is 6.02. The zero-order valence-electron chi connectivity index (χ0n) is 18.6. The summed E-state index contributed by atoms with van der Waals surface area (Å²) in [5.41, 5.74) is 1.44. The molecule has 4 rings (SSSR count). The number of piperidine rings is 1. The maximum Gasteiger partial charge on any atom is 0.419 e. The number of fused-ring (bicyclic) bond motifs is 1. The summed E-state index contributed by atoms with van der Waals surface area (Å²) in [7, 11) is -2.18. The minimum atomic E-state index is -3.73. The first-order valence-corrected chi connectivity index (χ1v) is 12.3. The van der Waals surface area contributed by atoms with Crippen LogP contribution in [-0.4, -0.2) is 43.4 Å². The van der Waals surface area contributed by atoms with Crippen molar-refractivity contribution in [2.75, 3.05) is 25.5 Å². The van der Waals surface area contributed by atoms with Crippen LogP contribution in [0.3, 0.4) is 0 Å². The van der Waals surface area contributed by atoms with Gasteiger partial charge in [0.05, 0.1) is 23.2 Å². The van der Waals surface area contributed by atoms with Crippen LogP contribution in [-0.2, 0) is 21.4 Å². The van der Waals surface area contributed by atoms with Gasteiger partial charge in [0.2, 0.25) is 15.9 Å². The van der Waals surface area contributed by atoms with E-state index < -0.39 is 15.8 Å². The molecule has 1 saturated heterocycles. The van der Waals surface area contributed by atoms with Crippen molar-refractivity contribution >= 4 is 32.7 Å². The molecule has 10 heteroatoms. The molecule has 2 heterocycles. The van der Waals surface area contributed by atoms with Crippen molar-refractivity contribution < 1.29 is 22.4 Å². The number of nitrogens with zero attached hydrogens (tertiary/aromatic N) is 2. The van der Waals surface area contributed by atoms with E-state index in [1.807, 2.05) is 19.1 Å². The molecule has 0 aliphatic carbocycles. The Kier molecular flexibility index (Phi) is 6.57. The molecule has 33 heavy (non-hydrogen) atoms. The molecule has 0 spiro atoms. The van der Waals surface area contributed by atoms with Crippen molar-refractivity contribution in [3.63, 3.8) is 0 Å². The van der Waals surface area contributed by atoms with Gasteiger partial charge >= 0.3 is 5.76 Å². The average Bonchev–Trinajstić information content (AvgIpc) is 3.13. The summed E-state index contributed by atoms with van der Waals surface area (Å²) in [6.45, 7) is 2.91. The van der Waals surface area contributed by atoms with E-state index in [9.17, 15) is 18.0 Å². The molecule has 9 nitrogen and oxygen atoms in total. The number of aryl methyl sites for hydroxylation is 1. The van der Waals surface area contributed by atoms with Crippen LogP contribution in [0, 0.1) is 5.92 Å². The molecule has 0 radical (unpaired) electrons. The van der Waals surface area contributed by atoms with E-state index in [0.717, 1.165) is 0 Å². The normalized spacial score (nSPS) is 15.6. The molecule has 1 aromatic heterocycles. The van der Waals surface area contributed by atoms with Crippen molar-refractivity contribution in [1.82, 2.24) is 8.87 Å². The van der Waals surface area contributed by atoms with Gasteiger partial charge in [0.25, 0.3) is 0 Å². The number of nitrogens with one attached hydrogen (secondary N) is 1. The van der Waals surface area contributed by atoms with E-state index in [1.54, 1.807) is 25.3 Å². The summed E-state index contributed by atoms with van der Waals surface area (Å²) >= 11 is 0. The minimum Gasteiger partial charge on any atom is -0.495 e. The lowest BCUT2D eigenvalue weighted by atomic mass is 9.94. The Morgan fingerprint density at radius 3 is 2.61 bits per heavy atom. The summed E-state index contributed by atoms with van der Waals surface area (Å²) in [4.78, 5) is 24.5. The highest BCUT2D eigenvalue weighted by molar-refractivity contribution is 7.89. The average molecular weight is 474 g/mol. The standard InChI is InChI=1S/C23H27N3O6S/c1-3-26-19-9-8-17(15-21(19)32-23(26)28)33(29,30)25-12-10-16(11-13-25)14-22(27)24-18-6-4-5-7-20(18)31-2/h4-9,15-16H,3,10-14H2,1-2H3,(H,24,27). The first kappa shape index (κ1) is 23.1. The van der Waals surface area contributed by atoms with Crippen molar-refractivity contribution in [2.24, 2.45) is 5.92 Å². The van der Waals surface area contributed by atoms with Crippen molar-refractivity contribution in [3.05, 3.63) is 53.0 Å². The predicted molar refractivity (Wildman–Crippen MR) is 124 cm³/mol. The van der Waals surface area contributed by atoms with Crippen LogP contribution in [0.15, 0.2) is 56.6 Å². The van der Waals surface area contributed by atoms with Gasteiger partial charge in [-0.1, -0.05) is 12.1 Å². The van der Waals surface area contributed by atoms with Crippen molar-refractivity contribution in [2.45, 2.75) is 37.6 Å². The van der Waals surface area contributed by atoms with Crippen LogP contribution in [0.4, 0.5) is 5.69 Å². The number of hydrogen-bond acceptors (Lipinski definition) is 6. The number of methoxy groups -OCH3 is 1. The minimum absolute atomic E-state index is 0.0882. The van der Waals surface area contributed by atoms with E-state index >= 15 is 0 Å². The quantitative estimate of drug-likeness (QED) is 0.565. The number of rotatable bonds is 7. The highest BCUT2D eigenvalue weighted by Gasteiger charge is 2.31. The first-order valence-electron chi connectivity index (χ1n) is 10.9. The van der Waals surface area contributed by atoms with Gasteiger partial charge in [-0.3, -0.25) is 9.36 Å². The first-order chi connectivity index (χ1) is 15.8. The van der Waals surface area contributed by atoms with Crippen molar-refractivity contribution in [3.8, 4) is 5.75 Å². The molecule has 1 amide bonds. The molecule has 1 aliphatic rings. The predicted octanol–water partition coefficient (Wildman–Crippen LogP) is 3.05. The molecule has 0 saturated carbocycles. The second-order valence-corrected chi connectivity index (χ2v) is 9.98. The molecular formula is C23H27N3O6S. The van der Waals surface area contributed by atoms with Crippen LogP contribution < -0.4 is 15.8 Å². The van der Waals surface area contributed by atoms with Gasteiger partial charge in [0, 0.05) is 32.1 Å². The molecule has 0 bridgehead atoms.